The van der Waals surface area contributed by atoms with Gasteiger partial charge in [-0.2, -0.15) is 0 Å². The molecule has 0 spiro atoms. The van der Waals surface area contributed by atoms with Gasteiger partial charge in [0, 0.05) is 13.1 Å². The van der Waals surface area contributed by atoms with Gasteiger partial charge in [-0.05, 0) is 71.4 Å². The van der Waals surface area contributed by atoms with E-state index >= 15 is 0 Å². The molecule has 1 N–H and O–H groups in total. The van der Waals surface area contributed by atoms with E-state index in [0.29, 0.717) is 5.92 Å². The molecule has 0 bridgehead atoms. The Kier molecular flexibility index (Phi) is 4.71. The Morgan fingerprint density at radius 1 is 1.21 bits per heavy atom. The first-order chi connectivity index (χ1) is 8.94. The number of hydrogen-bond donors (Lipinski definition) is 1. The zero-order valence-electron chi connectivity index (χ0n) is 12.6. The Hall–Kier alpha value is -0.770. The van der Waals surface area contributed by atoms with Crippen LogP contribution in [0.4, 0.5) is 4.79 Å². The van der Waals surface area contributed by atoms with Gasteiger partial charge in [-0.3, -0.25) is 0 Å². The minimum atomic E-state index is -0.395. The third kappa shape index (κ3) is 5.39. The first-order valence-corrected chi connectivity index (χ1v) is 7.63. The summed E-state index contributed by atoms with van der Waals surface area (Å²) in [4.78, 5) is 13.9. The molecule has 110 valence electrons. The van der Waals surface area contributed by atoms with Gasteiger partial charge in [0.25, 0.3) is 0 Å². The van der Waals surface area contributed by atoms with Crippen LogP contribution in [0, 0.1) is 11.8 Å². The molecule has 0 aromatic heterocycles. The Morgan fingerprint density at radius 3 is 2.53 bits per heavy atom. The molecule has 4 nitrogen and oxygen atoms in total. The third-order valence-electron chi connectivity index (χ3n) is 3.73. The Bertz CT molecular complexity index is 308. The monoisotopic (exact) mass is 268 g/mol. The maximum Gasteiger partial charge on any atom is 0.410 e. The molecule has 1 heterocycles. The second kappa shape index (κ2) is 6.12. The van der Waals surface area contributed by atoms with E-state index in [0.717, 1.165) is 38.5 Å². The smallest absolute Gasteiger partial charge is 0.410 e. The van der Waals surface area contributed by atoms with Crippen molar-refractivity contribution in [1.82, 2.24) is 10.2 Å². The van der Waals surface area contributed by atoms with Crippen LogP contribution in [0.3, 0.4) is 0 Å². The van der Waals surface area contributed by atoms with E-state index in [-0.39, 0.29) is 6.09 Å². The quantitative estimate of drug-likeness (QED) is 0.852. The van der Waals surface area contributed by atoms with Gasteiger partial charge in [-0.1, -0.05) is 0 Å². The molecule has 0 unspecified atom stereocenters. The lowest BCUT2D eigenvalue weighted by Gasteiger charge is -2.34. The Balaban J connectivity index is 1.70. The number of nitrogens with zero attached hydrogens (tertiary/aromatic N) is 1. The molecule has 4 heteroatoms. The largest absolute Gasteiger partial charge is 0.444 e. The summed E-state index contributed by atoms with van der Waals surface area (Å²) in [6.07, 6.45) is 4.94. The number of nitrogens with one attached hydrogen (secondary N) is 1. The fraction of sp³-hybridized carbons (Fsp3) is 0.933. The number of amides is 1. The maximum atomic E-state index is 12.0. The number of piperidine rings is 1. The summed E-state index contributed by atoms with van der Waals surface area (Å²) >= 11 is 0. The third-order valence-corrected chi connectivity index (χ3v) is 3.73. The summed E-state index contributed by atoms with van der Waals surface area (Å²) in [5, 5.41) is 3.55. The number of carbonyl (C=O) groups excluding carboxylic acids is 1. The van der Waals surface area contributed by atoms with Gasteiger partial charge in [0.1, 0.15) is 5.60 Å². The van der Waals surface area contributed by atoms with E-state index < -0.39 is 5.60 Å². The minimum absolute atomic E-state index is 0.153. The van der Waals surface area contributed by atoms with E-state index in [1.54, 1.807) is 0 Å². The van der Waals surface area contributed by atoms with Crippen LogP contribution < -0.4 is 5.32 Å². The van der Waals surface area contributed by atoms with Crippen LogP contribution in [0.5, 0.6) is 0 Å². The average Bonchev–Trinajstić information content (AvgIpc) is 3.11. The molecule has 1 aliphatic carbocycles. The first-order valence-electron chi connectivity index (χ1n) is 7.63. The van der Waals surface area contributed by atoms with Crippen molar-refractivity contribution in [1.29, 1.82) is 0 Å². The predicted octanol–water partition coefficient (Wildman–Crippen LogP) is 2.63. The first kappa shape index (κ1) is 14.6. The summed E-state index contributed by atoms with van der Waals surface area (Å²) in [5.41, 5.74) is -0.395. The van der Waals surface area contributed by atoms with Crippen molar-refractivity contribution in [3.8, 4) is 0 Å². The van der Waals surface area contributed by atoms with Crippen LogP contribution in [0.15, 0.2) is 0 Å². The number of hydrogen-bond acceptors (Lipinski definition) is 3. The van der Waals surface area contributed by atoms with Crippen molar-refractivity contribution in [2.45, 2.75) is 52.1 Å². The fourth-order valence-corrected chi connectivity index (χ4v) is 2.54. The average molecular weight is 268 g/mol. The van der Waals surface area contributed by atoms with Crippen LogP contribution in [0.2, 0.25) is 0 Å². The van der Waals surface area contributed by atoms with Gasteiger partial charge < -0.3 is 15.0 Å². The number of ether oxygens (including phenoxy) is 1. The van der Waals surface area contributed by atoms with Crippen molar-refractivity contribution < 1.29 is 9.53 Å². The van der Waals surface area contributed by atoms with Crippen LogP contribution in [0.25, 0.3) is 0 Å². The molecule has 1 aliphatic heterocycles. The van der Waals surface area contributed by atoms with Gasteiger partial charge in [0.2, 0.25) is 0 Å². The summed E-state index contributed by atoms with van der Waals surface area (Å²) in [5.74, 6) is 1.51. The van der Waals surface area contributed by atoms with Crippen LogP contribution in [-0.4, -0.2) is 42.8 Å². The van der Waals surface area contributed by atoms with Crippen molar-refractivity contribution >= 4 is 6.09 Å². The minimum Gasteiger partial charge on any atom is -0.444 e. The molecule has 0 aromatic carbocycles. The van der Waals surface area contributed by atoms with Gasteiger partial charge in [-0.25, -0.2) is 4.79 Å². The number of carbonyl (C=O) groups is 1. The molecule has 2 rings (SSSR count). The van der Waals surface area contributed by atoms with Gasteiger partial charge in [0.15, 0.2) is 0 Å². The molecule has 1 saturated heterocycles. The highest BCUT2D eigenvalue weighted by Crippen LogP contribution is 2.27. The summed E-state index contributed by atoms with van der Waals surface area (Å²) in [6, 6.07) is 0. The van der Waals surface area contributed by atoms with Crippen molar-refractivity contribution in [2.75, 3.05) is 26.2 Å². The van der Waals surface area contributed by atoms with E-state index in [9.17, 15) is 4.79 Å². The van der Waals surface area contributed by atoms with Crippen LogP contribution in [0.1, 0.15) is 46.5 Å². The molecule has 2 aliphatic rings. The normalized spacial score (nSPS) is 24.4. The van der Waals surface area contributed by atoms with Crippen molar-refractivity contribution in [3.63, 3.8) is 0 Å². The van der Waals surface area contributed by atoms with Crippen molar-refractivity contribution in [2.24, 2.45) is 11.8 Å². The molecule has 1 amide bonds. The molecule has 1 saturated carbocycles. The molecule has 0 aromatic rings. The van der Waals surface area contributed by atoms with Crippen molar-refractivity contribution in [3.05, 3.63) is 0 Å². The molecular formula is C15H28N2O2. The summed E-state index contributed by atoms with van der Waals surface area (Å²) < 4.78 is 5.44. The highest BCUT2D eigenvalue weighted by Gasteiger charge is 2.28. The lowest BCUT2D eigenvalue weighted by atomic mass is 9.98. The van der Waals surface area contributed by atoms with Gasteiger partial charge in [-0.15, -0.1) is 0 Å². The lowest BCUT2D eigenvalue weighted by molar-refractivity contribution is 0.0166. The van der Waals surface area contributed by atoms with Gasteiger partial charge in [0.05, 0.1) is 0 Å². The maximum absolute atomic E-state index is 12.0. The number of likely N-dealkylation sites (tertiary alicyclic amines) is 1. The highest BCUT2D eigenvalue weighted by atomic mass is 16.6. The molecule has 19 heavy (non-hydrogen) atoms. The molecule has 2 fully saturated rings. The highest BCUT2D eigenvalue weighted by molar-refractivity contribution is 5.68. The Labute approximate surface area is 116 Å². The predicted molar refractivity (Wildman–Crippen MR) is 76.1 cm³/mol. The zero-order valence-corrected chi connectivity index (χ0v) is 12.6. The summed E-state index contributed by atoms with van der Waals surface area (Å²) in [7, 11) is 0. The van der Waals surface area contributed by atoms with E-state index in [1.807, 2.05) is 25.7 Å². The topological polar surface area (TPSA) is 41.6 Å². The molecule has 1 atom stereocenters. The fourth-order valence-electron chi connectivity index (χ4n) is 2.54. The molecule has 0 radical (unpaired) electrons. The lowest BCUT2D eigenvalue weighted by Crippen LogP contribution is -2.45. The zero-order chi connectivity index (χ0) is 13.9. The van der Waals surface area contributed by atoms with E-state index in [2.05, 4.69) is 5.32 Å². The second-order valence-electron chi connectivity index (χ2n) is 7.04. The molecular weight excluding hydrogens is 240 g/mol. The summed E-state index contributed by atoms with van der Waals surface area (Å²) in [6.45, 7) is 9.63. The van der Waals surface area contributed by atoms with Gasteiger partial charge >= 0.3 is 6.09 Å². The van der Waals surface area contributed by atoms with E-state index in [4.69, 9.17) is 4.74 Å². The number of rotatable bonds is 4. The van der Waals surface area contributed by atoms with E-state index in [1.165, 1.54) is 19.3 Å². The second-order valence-corrected chi connectivity index (χ2v) is 7.04. The SMILES string of the molecule is CC(C)(C)OC(=O)N1CCC[C@H](CNCC2CC2)C1. The van der Waals surface area contributed by atoms with Crippen LogP contribution in [-0.2, 0) is 4.74 Å². The van der Waals surface area contributed by atoms with Crippen LogP contribution >= 0.6 is 0 Å². The standard InChI is InChI=1S/C15H28N2O2/c1-15(2,3)19-14(18)17-8-4-5-13(11-17)10-16-9-12-6-7-12/h12-13,16H,4-11H2,1-3H3/t13-/m1/s1. The Morgan fingerprint density at radius 2 is 1.89 bits per heavy atom.